The molecule has 18 heavy (non-hydrogen) atoms. The van der Waals surface area contributed by atoms with Crippen molar-refractivity contribution in [2.45, 2.75) is 19.9 Å². The monoisotopic (exact) mass is 245 g/mol. The molecule has 1 aromatic heterocycles. The number of nitrogens with zero attached hydrogens (tertiary/aromatic N) is 4. The van der Waals surface area contributed by atoms with Crippen LogP contribution in [0.15, 0.2) is 30.3 Å². The fourth-order valence-electron chi connectivity index (χ4n) is 1.86. The lowest BCUT2D eigenvalue weighted by Gasteiger charge is -2.18. The number of hydrogen-bond acceptors (Lipinski definition) is 4. The normalized spacial score (nSPS) is 12.9. The molecule has 96 valence electrons. The molecule has 0 aliphatic heterocycles. The highest BCUT2D eigenvalue weighted by molar-refractivity contribution is 5.52. The summed E-state index contributed by atoms with van der Waals surface area (Å²) >= 11 is 0. The van der Waals surface area contributed by atoms with Crippen LogP contribution in [0.2, 0.25) is 0 Å². The zero-order chi connectivity index (χ0) is 13.0. The molecule has 1 N–H and O–H groups in total. The first kappa shape index (κ1) is 12.7. The van der Waals surface area contributed by atoms with Crippen molar-refractivity contribution in [3.8, 4) is 11.4 Å². The van der Waals surface area contributed by atoms with Crippen LogP contribution in [-0.2, 0) is 0 Å². The lowest BCUT2D eigenvalue weighted by Crippen LogP contribution is -2.28. The van der Waals surface area contributed by atoms with Crippen LogP contribution in [-0.4, -0.2) is 33.8 Å². The van der Waals surface area contributed by atoms with Crippen molar-refractivity contribution in [1.29, 1.82) is 0 Å². The van der Waals surface area contributed by atoms with Gasteiger partial charge < -0.3 is 5.32 Å². The van der Waals surface area contributed by atoms with E-state index in [0.29, 0.717) is 11.7 Å². The zero-order valence-corrected chi connectivity index (χ0v) is 11.0. The number of tetrazole rings is 1. The highest BCUT2D eigenvalue weighted by Gasteiger charge is 2.18. The Morgan fingerprint density at radius 1 is 1.22 bits per heavy atom. The van der Waals surface area contributed by atoms with Crippen molar-refractivity contribution < 1.29 is 0 Å². The molecule has 0 aliphatic rings. The summed E-state index contributed by atoms with van der Waals surface area (Å²) < 4.78 is 0. The van der Waals surface area contributed by atoms with Gasteiger partial charge in [0.15, 0.2) is 0 Å². The maximum absolute atomic E-state index is 4.48. The van der Waals surface area contributed by atoms with E-state index in [1.165, 1.54) is 0 Å². The van der Waals surface area contributed by atoms with Gasteiger partial charge in [0.05, 0.1) is 6.04 Å². The molecule has 1 aromatic carbocycles. The van der Waals surface area contributed by atoms with Gasteiger partial charge in [-0.05, 0) is 18.2 Å². The van der Waals surface area contributed by atoms with Crippen LogP contribution in [0, 0.1) is 5.92 Å². The minimum atomic E-state index is 0.222. The summed E-state index contributed by atoms with van der Waals surface area (Å²) in [7, 11) is 1.93. The standard InChI is InChI=1S/C13H19N5/c1-10(2)12(9-14-3)18-16-13(15-17-18)11-7-5-4-6-8-11/h4-8,10,12,14H,9H2,1-3H3. The van der Waals surface area contributed by atoms with Crippen LogP contribution >= 0.6 is 0 Å². The SMILES string of the molecule is CNCC(C(C)C)n1nnc(-c2ccccc2)n1. The topological polar surface area (TPSA) is 55.6 Å². The Morgan fingerprint density at radius 3 is 2.56 bits per heavy atom. The second kappa shape index (κ2) is 5.73. The number of hydrogen-bond donors (Lipinski definition) is 1. The molecule has 0 fully saturated rings. The second-order valence-electron chi connectivity index (χ2n) is 4.67. The molecule has 5 nitrogen and oxygen atoms in total. The van der Waals surface area contributed by atoms with E-state index in [2.05, 4.69) is 34.6 Å². The first-order chi connectivity index (χ1) is 8.72. The van der Waals surface area contributed by atoms with Crippen LogP contribution in [0.4, 0.5) is 0 Å². The molecule has 1 heterocycles. The molecule has 0 spiro atoms. The van der Waals surface area contributed by atoms with Crippen LogP contribution in [0.5, 0.6) is 0 Å². The Balaban J connectivity index is 2.24. The average Bonchev–Trinajstić information content (AvgIpc) is 2.86. The number of likely N-dealkylation sites (N-methyl/N-ethyl adjacent to an activating group) is 1. The van der Waals surface area contributed by atoms with Gasteiger partial charge in [-0.15, -0.1) is 10.2 Å². The molecule has 0 saturated carbocycles. The quantitative estimate of drug-likeness (QED) is 0.872. The summed E-state index contributed by atoms with van der Waals surface area (Å²) in [6.07, 6.45) is 0. The lowest BCUT2D eigenvalue weighted by atomic mass is 10.1. The third-order valence-electron chi connectivity index (χ3n) is 2.94. The predicted octanol–water partition coefficient (Wildman–Crippen LogP) is 1.76. The smallest absolute Gasteiger partial charge is 0.204 e. The van der Waals surface area contributed by atoms with Crippen molar-refractivity contribution in [3.63, 3.8) is 0 Å². The average molecular weight is 245 g/mol. The van der Waals surface area contributed by atoms with Gasteiger partial charge in [-0.3, -0.25) is 0 Å². The molecule has 1 unspecified atom stereocenters. The molecule has 2 rings (SSSR count). The van der Waals surface area contributed by atoms with Crippen LogP contribution < -0.4 is 5.32 Å². The number of aromatic nitrogens is 4. The third kappa shape index (κ3) is 2.73. The summed E-state index contributed by atoms with van der Waals surface area (Å²) in [4.78, 5) is 1.71. The largest absolute Gasteiger partial charge is 0.318 e. The fraction of sp³-hybridized carbons (Fsp3) is 0.462. The number of benzene rings is 1. The molecule has 2 aromatic rings. The van der Waals surface area contributed by atoms with Gasteiger partial charge in [-0.2, -0.15) is 4.80 Å². The number of rotatable bonds is 5. The highest BCUT2D eigenvalue weighted by Crippen LogP contribution is 2.17. The van der Waals surface area contributed by atoms with Gasteiger partial charge in [0.1, 0.15) is 0 Å². The molecular weight excluding hydrogens is 226 g/mol. The summed E-state index contributed by atoms with van der Waals surface area (Å²) in [5.41, 5.74) is 0.996. The van der Waals surface area contributed by atoms with E-state index < -0.39 is 0 Å². The summed E-state index contributed by atoms with van der Waals surface area (Å²) in [6.45, 7) is 5.16. The molecule has 1 atom stereocenters. The molecule has 0 radical (unpaired) electrons. The molecular formula is C13H19N5. The van der Waals surface area contributed by atoms with Gasteiger partial charge in [0.25, 0.3) is 0 Å². The molecule has 0 saturated heterocycles. The first-order valence-electron chi connectivity index (χ1n) is 6.22. The Hall–Kier alpha value is -1.75. The van der Waals surface area contributed by atoms with Gasteiger partial charge in [-0.25, -0.2) is 0 Å². The molecule has 0 amide bonds. The van der Waals surface area contributed by atoms with E-state index in [1.54, 1.807) is 4.80 Å². The maximum Gasteiger partial charge on any atom is 0.204 e. The number of nitrogens with one attached hydrogen (secondary N) is 1. The van der Waals surface area contributed by atoms with E-state index in [-0.39, 0.29) is 6.04 Å². The van der Waals surface area contributed by atoms with Gasteiger partial charge in [0.2, 0.25) is 5.82 Å². The van der Waals surface area contributed by atoms with E-state index in [1.807, 2.05) is 37.4 Å². The molecule has 0 aliphatic carbocycles. The van der Waals surface area contributed by atoms with Crippen molar-refractivity contribution in [2.75, 3.05) is 13.6 Å². The highest BCUT2D eigenvalue weighted by atomic mass is 15.6. The molecule has 0 bridgehead atoms. The van der Waals surface area contributed by atoms with Crippen molar-refractivity contribution in [2.24, 2.45) is 5.92 Å². The van der Waals surface area contributed by atoms with Crippen molar-refractivity contribution >= 4 is 0 Å². The van der Waals surface area contributed by atoms with Gasteiger partial charge in [0, 0.05) is 12.1 Å². The van der Waals surface area contributed by atoms with E-state index >= 15 is 0 Å². The van der Waals surface area contributed by atoms with E-state index in [4.69, 9.17) is 0 Å². The van der Waals surface area contributed by atoms with Crippen LogP contribution in [0.3, 0.4) is 0 Å². The van der Waals surface area contributed by atoms with Gasteiger partial charge >= 0.3 is 0 Å². The Morgan fingerprint density at radius 2 is 1.94 bits per heavy atom. The molecule has 5 heteroatoms. The van der Waals surface area contributed by atoms with Crippen molar-refractivity contribution in [1.82, 2.24) is 25.5 Å². The van der Waals surface area contributed by atoms with Gasteiger partial charge in [-0.1, -0.05) is 44.2 Å². The minimum absolute atomic E-state index is 0.222. The van der Waals surface area contributed by atoms with Crippen molar-refractivity contribution in [3.05, 3.63) is 30.3 Å². The Labute approximate surface area is 107 Å². The summed E-state index contributed by atoms with van der Waals surface area (Å²) in [5.74, 6) is 1.13. The van der Waals surface area contributed by atoms with E-state index in [0.717, 1.165) is 12.1 Å². The van der Waals surface area contributed by atoms with Crippen LogP contribution in [0.25, 0.3) is 11.4 Å². The maximum atomic E-state index is 4.48. The Bertz CT molecular complexity index is 477. The zero-order valence-electron chi connectivity index (χ0n) is 11.0. The first-order valence-corrected chi connectivity index (χ1v) is 6.22. The van der Waals surface area contributed by atoms with Crippen LogP contribution in [0.1, 0.15) is 19.9 Å². The minimum Gasteiger partial charge on any atom is -0.318 e. The Kier molecular flexibility index (Phi) is 4.04. The summed E-state index contributed by atoms with van der Waals surface area (Å²) in [6, 6.07) is 10.1. The lowest BCUT2D eigenvalue weighted by molar-refractivity contribution is 0.301. The van der Waals surface area contributed by atoms with E-state index in [9.17, 15) is 0 Å². The second-order valence-corrected chi connectivity index (χ2v) is 4.67. The third-order valence-corrected chi connectivity index (χ3v) is 2.94. The predicted molar refractivity (Wildman–Crippen MR) is 71.1 cm³/mol. The fourth-order valence-corrected chi connectivity index (χ4v) is 1.86. The summed E-state index contributed by atoms with van der Waals surface area (Å²) in [5, 5.41) is 15.9.